The van der Waals surface area contributed by atoms with Crippen LogP contribution >= 0.6 is 0 Å². The summed E-state index contributed by atoms with van der Waals surface area (Å²) >= 11 is 0. The molecule has 7 heteroatoms. The smallest absolute Gasteiger partial charge is 0.279 e. The quantitative estimate of drug-likeness (QED) is 0.193. The predicted octanol–water partition coefficient (Wildman–Crippen LogP) is 6.01. The van der Waals surface area contributed by atoms with E-state index in [1.165, 1.54) is 16.7 Å². The summed E-state index contributed by atoms with van der Waals surface area (Å²) in [6.45, 7) is 26.9. The average molecular weight is 568 g/mol. The lowest BCUT2D eigenvalue weighted by molar-refractivity contribution is -0.917. The number of nitrogens with zero attached hydrogens (tertiary/aromatic N) is 2. The second-order valence-electron chi connectivity index (χ2n) is 11.6. The van der Waals surface area contributed by atoms with Gasteiger partial charge >= 0.3 is 0 Å². The molecule has 0 heterocycles. The topological polar surface area (TPSA) is 70.7 Å². The van der Waals surface area contributed by atoms with Crippen molar-refractivity contribution in [2.45, 2.75) is 75.7 Å². The van der Waals surface area contributed by atoms with E-state index in [4.69, 9.17) is 4.74 Å². The van der Waals surface area contributed by atoms with E-state index in [1.807, 2.05) is 32.0 Å². The normalized spacial score (nSPS) is 11.7. The van der Waals surface area contributed by atoms with Gasteiger partial charge in [0.2, 0.25) is 5.91 Å². The molecule has 0 atom stereocenters. The highest BCUT2D eigenvalue weighted by atomic mass is 16.5. The van der Waals surface area contributed by atoms with Crippen LogP contribution < -0.4 is 10.6 Å². The zero-order chi connectivity index (χ0) is 30.7. The molecular weight excluding hydrogens is 512 g/mol. The molecule has 0 unspecified atom stereocenters. The van der Waals surface area contributed by atoms with E-state index in [-0.39, 0.29) is 11.8 Å². The Labute approximate surface area is 249 Å². The number of hydrogen-bond acceptors (Lipinski definition) is 4. The summed E-state index contributed by atoms with van der Waals surface area (Å²) in [6, 6.07) is 6.06. The number of rotatable bonds is 16. The standard InChI is InChI=1S/C34H54N4O3/c1-11-17-37(22-31(39)35-34-29(9)27(7)26(6)28(8)30(34)10)18-20-41-21-19-38(12-2,13-3)23-32(40)36-33-24(4)15-14-16-25(33)5/h14-16H,11-13,17-23H2,1-10H3,(H-,35,36,39,40)/p+1. The number of benzene rings is 2. The fraction of sp³-hybridized carbons (Fsp3) is 0.588. The molecule has 0 saturated heterocycles. The Bertz CT molecular complexity index is 1140. The van der Waals surface area contributed by atoms with E-state index in [0.29, 0.717) is 37.3 Å². The maximum atomic E-state index is 13.0. The fourth-order valence-electron chi connectivity index (χ4n) is 5.55. The van der Waals surface area contributed by atoms with Crippen LogP contribution in [0, 0.1) is 48.5 Å². The van der Waals surface area contributed by atoms with Crippen LogP contribution in [0.3, 0.4) is 0 Å². The summed E-state index contributed by atoms with van der Waals surface area (Å²) in [6.07, 6.45) is 0.967. The third-order valence-electron chi connectivity index (χ3n) is 9.00. The highest BCUT2D eigenvalue weighted by Gasteiger charge is 2.27. The SMILES string of the molecule is CCCN(CCOCC[N+](CC)(CC)CC(=O)Nc1c(C)cccc1C)CC(=O)Nc1c(C)c(C)c(C)c(C)c1C. The molecule has 7 nitrogen and oxygen atoms in total. The molecule has 0 aliphatic heterocycles. The molecule has 2 aromatic rings. The number of para-hydroxylation sites is 1. The Morgan fingerprint density at radius 1 is 0.732 bits per heavy atom. The maximum absolute atomic E-state index is 13.0. The van der Waals surface area contributed by atoms with Crippen LogP contribution in [0.4, 0.5) is 11.4 Å². The minimum atomic E-state index is 0.00912. The first-order chi connectivity index (χ1) is 19.4. The second kappa shape index (κ2) is 16.0. The minimum Gasteiger partial charge on any atom is -0.374 e. The molecule has 0 fully saturated rings. The lowest BCUT2D eigenvalue weighted by Gasteiger charge is -2.36. The summed E-state index contributed by atoms with van der Waals surface area (Å²) in [5.74, 6) is 0.0468. The van der Waals surface area contributed by atoms with Gasteiger partial charge in [-0.3, -0.25) is 14.5 Å². The Morgan fingerprint density at radius 3 is 1.80 bits per heavy atom. The maximum Gasteiger partial charge on any atom is 0.279 e. The summed E-state index contributed by atoms with van der Waals surface area (Å²) in [5.41, 5.74) is 10.0. The number of aryl methyl sites for hydroxylation is 2. The van der Waals surface area contributed by atoms with Gasteiger partial charge < -0.3 is 19.9 Å². The number of carbonyl (C=O) groups excluding carboxylic acids is 2. The van der Waals surface area contributed by atoms with Gasteiger partial charge in [0, 0.05) is 17.9 Å². The first-order valence-electron chi connectivity index (χ1n) is 15.3. The van der Waals surface area contributed by atoms with Crippen molar-refractivity contribution in [1.29, 1.82) is 0 Å². The summed E-state index contributed by atoms with van der Waals surface area (Å²) < 4.78 is 6.74. The number of amides is 2. The third-order valence-corrected chi connectivity index (χ3v) is 9.00. The lowest BCUT2D eigenvalue weighted by Crippen LogP contribution is -2.54. The Balaban J connectivity index is 1.90. The average Bonchev–Trinajstić information content (AvgIpc) is 2.94. The van der Waals surface area contributed by atoms with Crippen LogP contribution in [0.1, 0.15) is 66.1 Å². The van der Waals surface area contributed by atoms with Crippen molar-refractivity contribution in [1.82, 2.24) is 4.90 Å². The van der Waals surface area contributed by atoms with Crippen molar-refractivity contribution in [3.05, 3.63) is 57.1 Å². The van der Waals surface area contributed by atoms with E-state index in [9.17, 15) is 9.59 Å². The van der Waals surface area contributed by atoms with Gasteiger partial charge in [0.1, 0.15) is 6.54 Å². The first-order valence-corrected chi connectivity index (χ1v) is 15.3. The molecule has 0 saturated carbocycles. The molecule has 2 amide bonds. The molecule has 0 bridgehead atoms. The highest BCUT2D eigenvalue weighted by molar-refractivity contribution is 5.94. The van der Waals surface area contributed by atoms with Gasteiger partial charge in [-0.2, -0.15) is 0 Å². The van der Waals surface area contributed by atoms with Crippen LogP contribution in [0.2, 0.25) is 0 Å². The zero-order valence-corrected chi connectivity index (χ0v) is 27.4. The van der Waals surface area contributed by atoms with Gasteiger partial charge in [0.25, 0.3) is 5.91 Å². The molecule has 0 aromatic heterocycles. The second-order valence-corrected chi connectivity index (χ2v) is 11.6. The van der Waals surface area contributed by atoms with E-state index < -0.39 is 0 Å². The molecule has 0 radical (unpaired) electrons. The first kappa shape index (κ1) is 34.5. The number of hydrogen-bond donors (Lipinski definition) is 2. The molecular formula is C34H55N4O3+. The van der Waals surface area contributed by atoms with Crippen molar-refractivity contribution in [2.24, 2.45) is 0 Å². The zero-order valence-electron chi connectivity index (χ0n) is 27.4. The number of likely N-dealkylation sites (N-methyl/N-ethyl adjacent to an activating group) is 1. The van der Waals surface area contributed by atoms with E-state index >= 15 is 0 Å². The molecule has 0 aliphatic carbocycles. The number of nitrogens with one attached hydrogen (secondary N) is 2. The summed E-state index contributed by atoms with van der Waals surface area (Å²) in [4.78, 5) is 28.2. The molecule has 2 rings (SSSR count). The Morgan fingerprint density at radius 2 is 1.27 bits per heavy atom. The van der Waals surface area contributed by atoms with Gasteiger partial charge in [0.05, 0.1) is 32.8 Å². The van der Waals surface area contributed by atoms with Gasteiger partial charge in [0.15, 0.2) is 6.54 Å². The minimum absolute atomic E-state index is 0.00912. The molecule has 0 spiro atoms. The fourth-order valence-corrected chi connectivity index (χ4v) is 5.55. The number of quaternary nitrogens is 1. The van der Waals surface area contributed by atoms with Crippen LogP contribution in [0.25, 0.3) is 0 Å². The van der Waals surface area contributed by atoms with Gasteiger partial charge in [-0.1, -0.05) is 25.1 Å². The van der Waals surface area contributed by atoms with Crippen molar-refractivity contribution in [2.75, 3.05) is 69.7 Å². The van der Waals surface area contributed by atoms with Gasteiger partial charge in [-0.05, 0) is 114 Å². The van der Waals surface area contributed by atoms with Crippen LogP contribution in [0.5, 0.6) is 0 Å². The van der Waals surface area contributed by atoms with Crippen LogP contribution in [0.15, 0.2) is 18.2 Å². The van der Waals surface area contributed by atoms with Crippen molar-refractivity contribution in [3.8, 4) is 0 Å². The third kappa shape index (κ3) is 9.38. The largest absolute Gasteiger partial charge is 0.374 e. The van der Waals surface area contributed by atoms with Crippen molar-refractivity contribution >= 4 is 23.2 Å². The highest BCUT2D eigenvalue weighted by Crippen LogP contribution is 2.30. The van der Waals surface area contributed by atoms with Crippen molar-refractivity contribution < 1.29 is 18.8 Å². The van der Waals surface area contributed by atoms with Gasteiger partial charge in [-0.15, -0.1) is 0 Å². The predicted molar refractivity (Wildman–Crippen MR) is 172 cm³/mol. The molecule has 2 aromatic carbocycles. The molecule has 2 N–H and O–H groups in total. The van der Waals surface area contributed by atoms with Crippen molar-refractivity contribution in [3.63, 3.8) is 0 Å². The van der Waals surface area contributed by atoms with Gasteiger partial charge in [-0.25, -0.2) is 0 Å². The summed E-state index contributed by atoms with van der Waals surface area (Å²) in [5, 5.41) is 6.34. The van der Waals surface area contributed by atoms with Crippen LogP contribution in [-0.4, -0.2) is 80.2 Å². The monoisotopic (exact) mass is 567 g/mol. The van der Waals surface area contributed by atoms with Crippen LogP contribution in [-0.2, 0) is 14.3 Å². The van der Waals surface area contributed by atoms with E-state index in [1.54, 1.807) is 0 Å². The molecule has 0 aliphatic rings. The number of ether oxygens (including phenoxy) is 1. The Hall–Kier alpha value is -2.74. The lowest BCUT2D eigenvalue weighted by atomic mass is 9.93. The summed E-state index contributed by atoms with van der Waals surface area (Å²) in [7, 11) is 0. The number of anilines is 2. The van der Waals surface area contributed by atoms with E-state index in [2.05, 4.69) is 70.9 Å². The Kier molecular flexibility index (Phi) is 13.5. The number of carbonyl (C=O) groups is 2. The van der Waals surface area contributed by atoms with E-state index in [0.717, 1.165) is 66.2 Å². The molecule has 228 valence electrons. The molecule has 41 heavy (non-hydrogen) atoms.